The highest BCUT2D eigenvalue weighted by atomic mass is 16.5. The van der Waals surface area contributed by atoms with Crippen LogP contribution in [0.3, 0.4) is 0 Å². The molecular formula is C23H44N2O8. The van der Waals surface area contributed by atoms with Crippen LogP contribution in [-0.4, -0.2) is 104 Å². The lowest BCUT2D eigenvalue weighted by molar-refractivity contribution is -0.942. The lowest BCUT2D eigenvalue weighted by Crippen LogP contribution is -2.53. The second-order valence-corrected chi connectivity index (χ2v) is 8.74. The Morgan fingerprint density at radius 1 is 0.970 bits per heavy atom. The molecule has 0 saturated carbocycles. The number of esters is 1. The summed E-state index contributed by atoms with van der Waals surface area (Å²) in [5.74, 6) is -0.760. The Bertz CT molecular complexity index is 541. The molecule has 1 aliphatic heterocycles. The fourth-order valence-electron chi connectivity index (χ4n) is 3.90. The third-order valence-electron chi connectivity index (χ3n) is 5.70. The fraction of sp³-hybridized carbons (Fsp3) is 0.913. The number of unbranched alkanes of at least 4 members (excludes halogenated alkanes) is 3. The minimum absolute atomic E-state index is 0.0162. The minimum atomic E-state index is -0.709. The number of aliphatic hydroxyl groups excluding tert-OH is 3. The number of likely N-dealkylation sites (tertiary alicyclic amines) is 1. The minimum Gasteiger partial charge on any atom is -0.858 e. The zero-order valence-corrected chi connectivity index (χ0v) is 20.2. The lowest BCUT2D eigenvalue weighted by atomic mass is 10.1. The summed E-state index contributed by atoms with van der Waals surface area (Å²) in [5.41, 5.74) is 0. The molecule has 10 nitrogen and oxygen atoms in total. The average molecular weight is 477 g/mol. The number of hydrogen-bond acceptors (Lipinski definition) is 9. The molecule has 1 rings (SSSR count). The van der Waals surface area contributed by atoms with Crippen LogP contribution in [0.25, 0.3) is 0 Å². The molecule has 1 heterocycles. The Hall–Kier alpha value is -1.30. The molecular weight excluding hydrogens is 432 g/mol. The molecule has 2 atom stereocenters. The first-order chi connectivity index (χ1) is 15.9. The number of carbonyl (C=O) groups is 1. The summed E-state index contributed by atoms with van der Waals surface area (Å²) in [4.78, 5) is 11.3. The van der Waals surface area contributed by atoms with Crippen molar-refractivity contribution in [2.45, 2.75) is 76.4 Å². The van der Waals surface area contributed by atoms with Gasteiger partial charge in [-0.2, -0.15) is 4.59 Å². The Morgan fingerprint density at radius 2 is 1.58 bits per heavy atom. The van der Waals surface area contributed by atoms with E-state index in [4.69, 9.17) is 14.6 Å². The van der Waals surface area contributed by atoms with Gasteiger partial charge in [-0.25, -0.2) is 0 Å². The SMILES string of the molecule is COC(=O)CC/C([O-])=N/[N+]1(CC(O)COCCCCCCOCC(O)CCO)CCCCC1. The molecule has 1 fully saturated rings. The number of rotatable bonds is 19. The van der Waals surface area contributed by atoms with Crippen molar-refractivity contribution in [3.05, 3.63) is 0 Å². The maximum atomic E-state index is 12.3. The van der Waals surface area contributed by atoms with E-state index in [0.717, 1.165) is 44.9 Å². The number of aliphatic hydroxyl groups is 3. The van der Waals surface area contributed by atoms with Crippen molar-refractivity contribution in [1.29, 1.82) is 0 Å². The van der Waals surface area contributed by atoms with Crippen molar-refractivity contribution >= 4 is 11.9 Å². The van der Waals surface area contributed by atoms with Crippen LogP contribution >= 0.6 is 0 Å². The molecule has 33 heavy (non-hydrogen) atoms. The van der Waals surface area contributed by atoms with Gasteiger partial charge in [0.05, 0.1) is 32.8 Å². The summed E-state index contributed by atoms with van der Waals surface area (Å²) in [6.45, 7) is 3.32. The molecule has 10 heteroatoms. The molecule has 0 bridgehead atoms. The van der Waals surface area contributed by atoms with E-state index in [1.807, 2.05) is 0 Å². The van der Waals surface area contributed by atoms with Crippen molar-refractivity contribution in [2.24, 2.45) is 5.10 Å². The Balaban J connectivity index is 2.22. The third kappa shape index (κ3) is 14.5. The molecule has 0 spiro atoms. The Labute approximate surface area is 197 Å². The topological polar surface area (TPSA) is 141 Å². The van der Waals surface area contributed by atoms with Crippen molar-refractivity contribution in [1.82, 2.24) is 0 Å². The Kier molecular flexibility index (Phi) is 16.3. The predicted octanol–water partition coefficient (Wildman–Crippen LogP) is 0.312. The van der Waals surface area contributed by atoms with E-state index in [0.29, 0.717) is 39.3 Å². The van der Waals surface area contributed by atoms with Crippen LogP contribution in [0, 0.1) is 0 Å². The molecule has 0 aromatic heterocycles. The number of hydrogen-bond donors (Lipinski definition) is 3. The van der Waals surface area contributed by atoms with Gasteiger partial charge in [0.2, 0.25) is 0 Å². The van der Waals surface area contributed by atoms with E-state index in [9.17, 15) is 20.1 Å². The largest absolute Gasteiger partial charge is 0.858 e. The van der Waals surface area contributed by atoms with Crippen LogP contribution in [0.1, 0.15) is 64.2 Å². The van der Waals surface area contributed by atoms with Crippen molar-refractivity contribution < 1.29 is 44.0 Å². The van der Waals surface area contributed by atoms with Crippen molar-refractivity contribution in [3.63, 3.8) is 0 Å². The lowest BCUT2D eigenvalue weighted by Gasteiger charge is -2.38. The molecule has 0 aromatic carbocycles. The molecule has 0 aliphatic carbocycles. The number of ether oxygens (including phenoxy) is 3. The van der Waals surface area contributed by atoms with Gasteiger partial charge in [0, 0.05) is 25.7 Å². The van der Waals surface area contributed by atoms with Crippen LogP contribution in [-0.2, 0) is 19.0 Å². The third-order valence-corrected chi connectivity index (χ3v) is 5.70. The maximum Gasteiger partial charge on any atom is 0.305 e. The summed E-state index contributed by atoms with van der Waals surface area (Å²) >= 11 is 0. The highest BCUT2D eigenvalue weighted by molar-refractivity contribution is 5.78. The number of methoxy groups -OCH3 is 1. The van der Waals surface area contributed by atoms with Crippen LogP contribution in [0.15, 0.2) is 5.10 Å². The number of nitrogens with zero attached hydrogens (tertiary/aromatic N) is 2. The predicted molar refractivity (Wildman–Crippen MR) is 121 cm³/mol. The molecule has 194 valence electrons. The van der Waals surface area contributed by atoms with E-state index in [2.05, 4.69) is 9.84 Å². The summed E-state index contributed by atoms with van der Waals surface area (Å²) < 4.78 is 15.8. The first kappa shape index (κ1) is 29.7. The summed E-state index contributed by atoms with van der Waals surface area (Å²) in [7, 11) is 1.29. The van der Waals surface area contributed by atoms with Gasteiger partial charge in [-0.15, -0.1) is 5.10 Å². The molecule has 3 N–H and O–H groups in total. The Morgan fingerprint density at radius 3 is 2.15 bits per heavy atom. The monoisotopic (exact) mass is 476 g/mol. The molecule has 1 saturated heterocycles. The smallest absolute Gasteiger partial charge is 0.305 e. The van der Waals surface area contributed by atoms with E-state index in [1.54, 1.807) is 0 Å². The summed E-state index contributed by atoms with van der Waals surface area (Å²) in [6.07, 6.45) is 5.82. The first-order valence-electron chi connectivity index (χ1n) is 12.2. The second kappa shape index (κ2) is 18.1. The highest BCUT2D eigenvalue weighted by Gasteiger charge is 2.33. The van der Waals surface area contributed by atoms with Gasteiger partial charge >= 0.3 is 5.97 Å². The molecule has 0 radical (unpaired) electrons. The van der Waals surface area contributed by atoms with Gasteiger partial charge in [-0.3, -0.25) is 4.79 Å². The van der Waals surface area contributed by atoms with Gasteiger partial charge in [-0.05, 0) is 44.9 Å². The molecule has 1 aliphatic rings. The molecule has 0 amide bonds. The summed E-state index contributed by atoms with van der Waals surface area (Å²) in [5, 5.41) is 45.3. The van der Waals surface area contributed by atoms with Gasteiger partial charge < -0.3 is 34.6 Å². The van der Waals surface area contributed by atoms with Gasteiger partial charge in [0.1, 0.15) is 25.7 Å². The molecule has 0 aromatic rings. The standard InChI is InChI=1S/C23H44N2O8/c1-31-23(30)10-9-22(29)24-25(12-5-4-6-13-25)17-21(28)19-33-16-8-3-2-7-15-32-18-20(27)11-14-26/h20-21,26-28H,2-19H2,1H3. The first-order valence-corrected chi connectivity index (χ1v) is 12.2. The maximum absolute atomic E-state index is 12.3. The molecule has 2 unspecified atom stereocenters. The van der Waals surface area contributed by atoms with Crippen LogP contribution in [0.2, 0.25) is 0 Å². The zero-order valence-electron chi connectivity index (χ0n) is 20.2. The second-order valence-electron chi connectivity index (χ2n) is 8.74. The van der Waals surface area contributed by atoms with E-state index < -0.39 is 18.2 Å². The van der Waals surface area contributed by atoms with Gasteiger partial charge in [0.25, 0.3) is 0 Å². The highest BCUT2D eigenvalue weighted by Crippen LogP contribution is 2.21. The quantitative estimate of drug-likeness (QED) is 0.0795. The van der Waals surface area contributed by atoms with Crippen molar-refractivity contribution in [3.8, 4) is 0 Å². The summed E-state index contributed by atoms with van der Waals surface area (Å²) in [6, 6.07) is 0. The van der Waals surface area contributed by atoms with E-state index in [-0.39, 0.29) is 43.2 Å². The van der Waals surface area contributed by atoms with E-state index >= 15 is 0 Å². The van der Waals surface area contributed by atoms with E-state index in [1.165, 1.54) is 7.11 Å². The number of piperidine rings is 1. The van der Waals surface area contributed by atoms with Crippen LogP contribution < -0.4 is 5.11 Å². The average Bonchev–Trinajstić information content (AvgIpc) is 2.79. The van der Waals surface area contributed by atoms with Gasteiger partial charge in [0.15, 0.2) is 0 Å². The normalized spacial score (nSPS) is 18.1. The number of quaternary nitrogens is 1. The zero-order chi connectivity index (χ0) is 24.4. The van der Waals surface area contributed by atoms with Gasteiger partial charge in [-0.1, -0.05) is 12.8 Å². The van der Waals surface area contributed by atoms with Crippen molar-refractivity contribution in [2.75, 3.05) is 59.8 Å². The fourth-order valence-corrected chi connectivity index (χ4v) is 3.90. The van der Waals surface area contributed by atoms with Crippen LogP contribution in [0.4, 0.5) is 0 Å². The number of carbonyl (C=O) groups excluding carboxylic acids is 1. The van der Waals surface area contributed by atoms with Crippen LogP contribution in [0.5, 0.6) is 0 Å².